The molecule has 90 valence electrons. The van der Waals surface area contributed by atoms with Crippen molar-refractivity contribution in [2.75, 3.05) is 11.9 Å². The minimum Gasteiger partial charge on any atom is -0.389 e. The van der Waals surface area contributed by atoms with Crippen LogP contribution in [0.25, 0.3) is 0 Å². The molecule has 0 aliphatic rings. The smallest absolute Gasteiger partial charge is 0.0763 e. The number of rotatable bonds is 5. The summed E-state index contributed by atoms with van der Waals surface area (Å²) in [6, 6.07) is 8.46. The summed E-state index contributed by atoms with van der Waals surface area (Å²) in [5, 5.41) is 12.8. The average molecular weight is 221 g/mol. The molecule has 0 aliphatic carbocycles. The molecule has 0 spiro atoms. The van der Waals surface area contributed by atoms with E-state index in [0.717, 1.165) is 12.1 Å². The van der Waals surface area contributed by atoms with E-state index in [1.807, 2.05) is 0 Å². The Morgan fingerprint density at radius 3 is 2.25 bits per heavy atom. The second kappa shape index (κ2) is 5.35. The Labute approximate surface area is 98.7 Å². The summed E-state index contributed by atoms with van der Waals surface area (Å²) in [5.41, 5.74) is 1.76. The summed E-state index contributed by atoms with van der Waals surface area (Å²) in [6.07, 6.45) is 1.16. The van der Waals surface area contributed by atoms with E-state index in [0.29, 0.717) is 12.5 Å². The van der Waals surface area contributed by atoms with E-state index >= 15 is 0 Å². The van der Waals surface area contributed by atoms with Crippen LogP contribution in [0.4, 0.5) is 5.69 Å². The molecule has 1 aromatic rings. The van der Waals surface area contributed by atoms with Gasteiger partial charge in [0.2, 0.25) is 0 Å². The van der Waals surface area contributed by atoms with Gasteiger partial charge in [0.1, 0.15) is 0 Å². The van der Waals surface area contributed by atoms with Gasteiger partial charge in [-0.2, -0.15) is 0 Å². The van der Waals surface area contributed by atoms with Gasteiger partial charge in [-0.3, -0.25) is 0 Å². The molecule has 2 heteroatoms. The summed E-state index contributed by atoms with van der Waals surface area (Å²) in [6.45, 7) is 8.60. The van der Waals surface area contributed by atoms with Gasteiger partial charge >= 0.3 is 0 Å². The Morgan fingerprint density at radius 1 is 1.25 bits per heavy atom. The van der Waals surface area contributed by atoms with Crippen molar-refractivity contribution in [1.29, 1.82) is 0 Å². The highest BCUT2D eigenvalue weighted by Gasteiger charge is 2.11. The Kier molecular flexibility index (Phi) is 4.36. The molecule has 1 rings (SSSR count). The van der Waals surface area contributed by atoms with Gasteiger partial charge in [-0.1, -0.05) is 26.0 Å². The molecular weight excluding hydrogens is 198 g/mol. The van der Waals surface area contributed by atoms with Crippen molar-refractivity contribution < 1.29 is 5.11 Å². The summed E-state index contributed by atoms with van der Waals surface area (Å²) in [5.74, 6) is 0.614. The van der Waals surface area contributed by atoms with Crippen LogP contribution in [0.15, 0.2) is 24.3 Å². The third-order valence-electron chi connectivity index (χ3n) is 2.82. The molecule has 0 heterocycles. The molecule has 0 fully saturated rings. The fraction of sp³-hybridized carbons (Fsp3) is 0.571. The van der Waals surface area contributed by atoms with E-state index in [4.69, 9.17) is 0 Å². The fourth-order valence-corrected chi connectivity index (χ4v) is 1.48. The van der Waals surface area contributed by atoms with Gasteiger partial charge in [0.15, 0.2) is 0 Å². The lowest BCUT2D eigenvalue weighted by atomic mass is 9.98. The maximum Gasteiger partial charge on any atom is 0.0763 e. The third kappa shape index (κ3) is 4.23. The zero-order valence-electron chi connectivity index (χ0n) is 10.7. The van der Waals surface area contributed by atoms with Gasteiger partial charge in [0.05, 0.1) is 5.60 Å². The van der Waals surface area contributed by atoms with Crippen molar-refractivity contribution in [3.63, 3.8) is 0 Å². The molecule has 0 saturated heterocycles. The predicted molar refractivity (Wildman–Crippen MR) is 69.9 cm³/mol. The first-order valence-corrected chi connectivity index (χ1v) is 5.98. The van der Waals surface area contributed by atoms with Gasteiger partial charge in [0.25, 0.3) is 0 Å². The second-order valence-electron chi connectivity index (χ2n) is 5.10. The quantitative estimate of drug-likeness (QED) is 0.799. The summed E-state index contributed by atoms with van der Waals surface area (Å²) in [7, 11) is 0. The SMILES string of the molecule is CCC(C)c1ccc(NCC(C)(C)O)cc1. The van der Waals surface area contributed by atoms with E-state index in [1.54, 1.807) is 13.8 Å². The Bertz CT molecular complexity index is 311. The molecule has 0 amide bonds. The van der Waals surface area contributed by atoms with Crippen molar-refractivity contribution in [1.82, 2.24) is 0 Å². The minimum atomic E-state index is -0.671. The summed E-state index contributed by atoms with van der Waals surface area (Å²) < 4.78 is 0. The molecule has 1 atom stereocenters. The third-order valence-corrected chi connectivity index (χ3v) is 2.82. The van der Waals surface area contributed by atoms with Crippen LogP contribution < -0.4 is 5.32 Å². The maximum atomic E-state index is 9.60. The molecule has 16 heavy (non-hydrogen) atoms. The van der Waals surface area contributed by atoms with E-state index in [2.05, 4.69) is 43.4 Å². The lowest BCUT2D eigenvalue weighted by Gasteiger charge is -2.19. The predicted octanol–water partition coefficient (Wildman–Crippen LogP) is 3.38. The molecule has 2 N–H and O–H groups in total. The molecule has 0 radical (unpaired) electrons. The molecule has 1 aromatic carbocycles. The van der Waals surface area contributed by atoms with Gasteiger partial charge < -0.3 is 10.4 Å². The topological polar surface area (TPSA) is 32.3 Å². The number of anilines is 1. The largest absolute Gasteiger partial charge is 0.389 e. The minimum absolute atomic E-state index is 0.565. The first-order chi connectivity index (χ1) is 7.42. The van der Waals surface area contributed by atoms with Gasteiger partial charge in [0, 0.05) is 12.2 Å². The fourth-order valence-electron chi connectivity index (χ4n) is 1.48. The number of benzene rings is 1. The van der Waals surface area contributed by atoms with Crippen molar-refractivity contribution in [3.8, 4) is 0 Å². The first-order valence-electron chi connectivity index (χ1n) is 5.98. The molecule has 2 nitrogen and oxygen atoms in total. The molecule has 0 aliphatic heterocycles. The first kappa shape index (κ1) is 13.0. The van der Waals surface area contributed by atoms with Gasteiger partial charge in [-0.25, -0.2) is 0 Å². The zero-order valence-corrected chi connectivity index (χ0v) is 10.7. The molecule has 1 unspecified atom stereocenters. The van der Waals surface area contributed by atoms with Gasteiger partial charge in [-0.05, 0) is 43.9 Å². The lowest BCUT2D eigenvalue weighted by Crippen LogP contribution is -2.29. The Hall–Kier alpha value is -1.02. The number of hydrogen-bond acceptors (Lipinski definition) is 2. The summed E-state index contributed by atoms with van der Waals surface area (Å²) in [4.78, 5) is 0. The van der Waals surface area contributed by atoms with E-state index in [9.17, 15) is 5.11 Å². The molecule has 0 aromatic heterocycles. The van der Waals surface area contributed by atoms with Crippen LogP contribution >= 0.6 is 0 Å². The standard InChI is InChI=1S/C14H23NO/c1-5-11(2)12-6-8-13(9-7-12)15-10-14(3,4)16/h6-9,11,15-16H,5,10H2,1-4H3. The van der Waals surface area contributed by atoms with Crippen molar-refractivity contribution in [3.05, 3.63) is 29.8 Å². The molecule has 0 bridgehead atoms. The van der Waals surface area contributed by atoms with Crippen molar-refractivity contribution in [2.24, 2.45) is 0 Å². The highest BCUT2D eigenvalue weighted by molar-refractivity contribution is 5.45. The highest BCUT2D eigenvalue weighted by atomic mass is 16.3. The van der Waals surface area contributed by atoms with E-state index < -0.39 is 5.60 Å². The molecular formula is C14H23NO. The van der Waals surface area contributed by atoms with E-state index in [-0.39, 0.29) is 0 Å². The Morgan fingerprint density at radius 2 is 1.81 bits per heavy atom. The summed E-state index contributed by atoms with van der Waals surface area (Å²) >= 11 is 0. The van der Waals surface area contributed by atoms with Crippen LogP contribution in [0, 0.1) is 0 Å². The number of nitrogens with one attached hydrogen (secondary N) is 1. The van der Waals surface area contributed by atoms with Crippen LogP contribution in [0.2, 0.25) is 0 Å². The zero-order chi connectivity index (χ0) is 12.2. The normalized spacial score (nSPS) is 13.6. The number of hydrogen-bond donors (Lipinski definition) is 2. The van der Waals surface area contributed by atoms with Crippen molar-refractivity contribution >= 4 is 5.69 Å². The van der Waals surface area contributed by atoms with Crippen LogP contribution in [0.5, 0.6) is 0 Å². The highest BCUT2D eigenvalue weighted by Crippen LogP contribution is 2.20. The molecule has 0 saturated carbocycles. The van der Waals surface area contributed by atoms with Gasteiger partial charge in [-0.15, -0.1) is 0 Å². The van der Waals surface area contributed by atoms with E-state index in [1.165, 1.54) is 5.56 Å². The Balaban J connectivity index is 2.58. The van der Waals surface area contributed by atoms with Crippen LogP contribution in [0.1, 0.15) is 45.6 Å². The van der Waals surface area contributed by atoms with Crippen LogP contribution in [0.3, 0.4) is 0 Å². The van der Waals surface area contributed by atoms with Crippen LogP contribution in [-0.2, 0) is 0 Å². The second-order valence-corrected chi connectivity index (χ2v) is 5.10. The average Bonchev–Trinajstić information content (AvgIpc) is 2.25. The monoisotopic (exact) mass is 221 g/mol. The number of aliphatic hydroxyl groups is 1. The van der Waals surface area contributed by atoms with Crippen LogP contribution in [-0.4, -0.2) is 17.3 Å². The maximum absolute atomic E-state index is 9.60. The van der Waals surface area contributed by atoms with Crippen molar-refractivity contribution in [2.45, 2.75) is 45.6 Å². The lowest BCUT2D eigenvalue weighted by molar-refractivity contribution is 0.0945.